The van der Waals surface area contributed by atoms with Crippen LogP contribution in [0.3, 0.4) is 0 Å². The van der Waals surface area contributed by atoms with Crippen molar-refractivity contribution < 1.29 is 14.3 Å². The Kier molecular flexibility index (Phi) is 8.09. The minimum atomic E-state index is -0.639. The van der Waals surface area contributed by atoms with Gasteiger partial charge in [0, 0.05) is 30.4 Å². The lowest BCUT2D eigenvalue weighted by atomic mass is 9.94. The molecule has 0 aromatic heterocycles. The Morgan fingerprint density at radius 1 is 1.19 bits per heavy atom. The molecule has 0 unspecified atom stereocenters. The van der Waals surface area contributed by atoms with Crippen LogP contribution >= 0.6 is 11.6 Å². The Labute approximate surface area is 194 Å². The smallest absolute Gasteiger partial charge is 0.338 e. The summed E-state index contributed by atoms with van der Waals surface area (Å²) in [5.41, 5.74) is 2.91. The molecule has 2 aromatic rings. The minimum Gasteiger partial charge on any atom is -0.463 e. The van der Waals surface area contributed by atoms with Gasteiger partial charge in [0.25, 0.3) is 0 Å². The van der Waals surface area contributed by atoms with Crippen LogP contribution in [0.15, 0.2) is 78.5 Å². The number of carbonyl (C=O) groups is 2. The molecule has 3 rings (SSSR count). The van der Waals surface area contributed by atoms with Crippen molar-refractivity contribution in [3.05, 3.63) is 94.7 Å². The first-order valence-electron chi connectivity index (χ1n) is 10.5. The van der Waals surface area contributed by atoms with Gasteiger partial charge in [-0.2, -0.15) is 0 Å². The largest absolute Gasteiger partial charge is 0.463 e. The van der Waals surface area contributed by atoms with Gasteiger partial charge in [-0.15, -0.1) is 6.58 Å². The number of esters is 1. The summed E-state index contributed by atoms with van der Waals surface area (Å²) in [7, 11) is 1.96. The molecule has 1 aliphatic heterocycles. The average Bonchev–Trinajstić information content (AvgIpc) is 2.77. The molecule has 0 radical (unpaired) electrons. The van der Waals surface area contributed by atoms with Crippen molar-refractivity contribution in [1.82, 2.24) is 15.1 Å². The zero-order valence-electron chi connectivity index (χ0n) is 18.4. The Bertz CT molecular complexity index is 989. The predicted octanol–water partition coefficient (Wildman–Crippen LogP) is 4.54. The van der Waals surface area contributed by atoms with Gasteiger partial charge in [0.2, 0.25) is 0 Å². The molecule has 0 bridgehead atoms. The highest BCUT2D eigenvalue weighted by Crippen LogP contribution is 2.32. The van der Waals surface area contributed by atoms with Crippen molar-refractivity contribution in [1.29, 1.82) is 0 Å². The number of likely N-dealkylation sites (N-methyl/N-ethyl adjacent to an activating group) is 1. The Balaban J connectivity index is 2.05. The van der Waals surface area contributed by atoms with E-state index in [9.17, 15) is 9.59 Å². The van der Waals surface area contributed by atoms with Gasteiger partial charge in [-0.3, -0.25) is 9.80 Å². The van der Waals surface area contributed by atoms with Crippen LogP contribution in [-0.4, -0.2) is 48.5 Å². The summed E-state index contributed by atoms with van der Waals surface area (Å²) in [5, 5.41) is 3.53. The van der Waals surface area contributed by atoms with Gasteiger partial charge < -0.3 is 10.1 Å². The van der Waals surface area contributed by atoms with Crippen LogP contribution in [0.2, 0.25) is 5.02 Å². The van der Waals surface area contributed by atoms with Crippen LogP contribution in [-0.2, 0) is 16.1 Å². The first-order valence-corrected chi connectivity index (χ1v) is 10.9. The third-order valence-corrected chi connectivity index (χ3v) is 5.42. The fourth-order valence-electron chi connectivity index (χ4n) is 3.76. The van der Waals surface area contributed by atoms with Crippen molar-refractivity contribution in [2.45, 2.75) is 19.5 Å². The number of carbonyl (C=O) groups excluding carboxylic acids is 2. The van der Waals surface area contributed by atoms with Gasteiger partial charge >= 0.3 is 12.0 Å². The van der Waals surface area contributed by atoms with Crippen molar-refractivity contribution in [2.75, 3.05) is 26.7 Å². The molecule has 32 heavy (non-hydrogen) atoms. The third-order valence-electron chi connectivity index (χ3n) is 5.16. The van der Waals surface area contributed by atoms with E-state index in [1.165, 1.54) is 0 Å². The van der Waals surface area contributed by atoms with E-state index in [-0.39, 0.29) is 19.2 Å². The molecule has 0 saturated carbocycles. The molecule has 7 heteroatoms. The second-order valence-corrected chi connectivity index (χ2v) is 8.01. The van der Waals surface area contributed by atoms with E-state index >= 15 is 0 Å². The highest BCUT2D eigenvalue weighted by atomic mass is 35.5. The SMILES string of the molecule is C=CCN1C(=O)N[C@@H](c2ccc(Cl)cc2)C(C(=O)OCC)=C1CN(C)Cc1ccccc1. The number of halogens is 1. The maximum absolute atomic E-state index is 13.1. The van der Waals surface area contributed by atoms with Crippen molar-refractivity contribution in [3.8, 4) is 0 Å². The van der Waals surface area contributed by atoms with Crippen LogP contribution in [0.5, 0.6) is 0 Å². The molecule has 6 nitrogen and oxygen atoms in total. The molecule has 0 fully saturated rings. The van der Waals surface area contributed by atoms with Gasteiger partial charge in [0.05, 0.1) is 18.2 Å². The third kappa shape index (κ3) is 5.58. The van der Waals surface area contributed by atoms with Gasteiger partial charge in [0.1, 0.15) is 0 Å². The van der Waals surface area contributed by atoms with E-state index in [0.29, 0.717) is 29.4 Å². The monoisotopic (exact) mass is 453 g/mol. The number of nitrogens with zero attached hydrogens (tertiary/aromatic N) is 2. The van der Waals surface area contributed by atoms with E-state index in [2.05, 4.69) is 16.8 Å². The van der Waals surface area contributed by atoms with Gasteiger partial charge in [-0.25, -0.2) is 9.59 Å². The number of hydrogen-bond acceptors (Lipinski definition) is 4. The van der Waals surface area contributed by atoms with Gasteiger partial charge in [-0.05, 0) is 37.2 Å². The molecule has 0 saturated heterocycles. The second-order valence-electron chi connectivity index (χ2n) is 7.57. The molecule has 168 valence electrons. The maximum atomic E-state index is 13.1. The standard InChI is InChI=1S/C25H28ClN3O3/c1-4-15-29-21(17-28(3)16-18-9-7-6-8-10-18)22(24(30)32-5-2)23(27-25(29)31)19-11-13-20(26)14-12-19/h4,6-14,23H,1,5,15-17H2,2-3H3,(H,27,31)/t23-/m0/s1. The number of urea groups is 1. The summed E-state index contributed by atoms with van der Waals surface area (Å²) in [6.45, 7) is 7.09. The molecule has 1 aliphatic rings. The number of rotatable bonds is 9. The zero-order valence-corrected chi connectivity index (χ0v) is 19.1. The molecule has 1 atom stereocenters. The molecule has 1 heterocycles. The van der Waals surface area contributed by atoms with E-state index in [1.54, 1.807) is 42.2 Å². The summed E-state index contributed by atoms with van der Waals surface area (Å²) in [4.78, 5) is 29.8. The number of nitrogens with one attached hydrogen (secondary N) is 1. The van der Waals surface area contributed by atoms with Crippen LogP contribution in [0.4, 0.5) is 4.79 Å². The molecule has 2 aromatic carbocycles. The molecule has 0 spiro atoms. The first kappa shape index (κ1) is 23.6. The summed E-state index contributed by atoms with van der Waals surface area (Å²) >= 11 is 6.05. The van der Waals surface area contributed by atoms with Crippen molar-refractivity contribution in [3.63, 3.8) is 0 Å². The summed E-state index contributed by atoms with van der Waals surface area (Å²) in [6.07, 6.45) is 1.64. The fourth-order valence-corrected chi connectivity index (χ4v) is 3.88. The number of ether oxygens (including phenoxy) is 1. The topological polar surface area (TPSA) is 61.9 Å². The van der Waals surface area contributed by atoms with Crippen molar-refractivity contribution >= 4 is 23.6 Å². The van der Waals surface area contributed by atoms with E-state index in [0.717, 1.165) is 11.1 Å². The second kappa shape index (κ2) is 11.0. The molecular formula is C25H28ClN3O3. The zero-order chi connectivity index (χ0) is 23.1. The molecule has 0 aliphatic carbocycles. The van der Waals surface area contributed by atoms with Gasteiger partial charge in [-0.1, -0.05) is 60.1 Å². The quantitative estimate of drug-likeness (QED) is 0.447. The lowest BCUT2D eigenvalue weighted by Crippen LogP contribution is -2.50. The molecule has 1 N–H and O–H groups in total. The number of hydrogen-bond donors (Lipinski definition) is 1. The van der Waals surface area contributed by atoms with Crippen molar-refractivity contribution in [2.24, 2.45) is 0 Å². The normalized spacial score (nSPS) is 16.2. The maximum Gasteiger partial charge on any atom is 0.338 e. The van der Waals surface area contributed by atoms with Crippen LogP contribution in [0.1, 0.15) is 24.1 Å². The summed E-state index contributed by atoms with van der Waals surface area (Å²) in [6, 6.07) is 16.2. The minimum absolute atomic E-state index is 0.234. The molecule has 2 amide bonds. The van der Waals surface area contributed by atoms with E-state index in [1.807, 2.05) is 37.4 Å². The number of benzene rings is 2. The number of amides is 2. The Morgan fingerprint density at radius 2 is 1.88 bits per heavy atom. The average molecular weight is 454 g/mol. The predicted molar refractivity (Wildman–Crippen MR) is 126 cm³/mol. The van der Waals surface area contributed by atoms with E-state index in [4.69, 9.17) is 16.3 Å². The van der Waals surface area contributed by atoms with Crippen LogP contribution in [0.25, 0.3) is 0 Å². The van der Waals surface area contributed by atoms with E-state index < -0.39 is 12.0 Å². The highest BCUT2D eigenvalue weighted by Gasteiger charge is 2.38. The van der Waals surface area contributed by atoms with Gasteiger partial charge in [0.15, 0.2) is 0 Å². The van der Waals surface area contributed by atoms with Crippen LogP contribution in [0, 0.1) is 0 Å². The summed E-state index contributed by atoms with van der Waals surface area (Å²) < 4.78 is 5.40. The Morgan fingerprint density at radius 3 is 2.50 bits per heavy atom. The fraction of sp³-hybridized carbons (Fsp3) is 0.280. The molecular weight excluding hydrogens is 426 g/mol. The lowest BCUT2D eigenvalue weighted by molar-refractivity contribution is -0.139. The lowest BCUT2D eigenvalue weighted by Gasteiger charge is -2.37. The first-order chi connectivity index (χ1) is 15.4. The summed E-state index contributed by atoms with van der Waals surface area (Å²) in [5.74, 6) is -0.454. The van der Waals surface area contributed by atoms with Crippen LogP contribution < -0.4 is 5.32 Å². The Hall–Kier alpha value is -3.09. The highest BCUT2D eigenvalue weighted by molar-refractivity contribution is 6.30.